The highest BCUT2D eigenvalue weighted by Gasteiger charge is 2.17. The molecule has 0 unspecified atom stereocenters. The van der Waals surface area contributed by atoms with Crippen LogP contribution in [0.4, 0.5) is 0 Å². The van der Waals surface area contributed by atoms with Crippen LogP contribution in [0.2, 0.25) is 0 Å². The first-order chi connectivity index (χ1) is 9.56. The molecule has 0 aromatic carbocycles. The smallest absolute Gasteiger partial charge is 0.250 e. The van der Waals surface area contributed by atoms with E-state index in [1.807, 2.05) is 6.92 Å². The number of hydrogen-bond donors (Lipinski definition) is 2. The lowest BCUT2D eigenvalue weighted by Gasteiger charge is -2.05. The standard InChI is InChI=1S/C11H17N5O2S2/c1-2-16-8-13-15-10(16)7-14-20(17,18)11-4-3-9(19-11)5-6-12/h3-4,8,14H,2,5-7,12H2,1H3. The molecule has 0 radical (unpaired) electrons. The molecule has 2 aromatic heterocycles. The SMILES string of the molecule is CCn1cnnc1CNS(=O)(=O)c1ccc(CCN)s1. The summed E-state index contributed by atoms with van der Waals surface area (Å²) in [6, 6.07) is 3.39. The molecule has 20 heavy (non-hydrogen) atoms. The first-order valence-corrected chi connectivity index (χ1v) is 8.52. The Kier molecular flexibility index (Phi) is 4.86. The third-order valence-corrected chi connectivity index (χ3v) is 5.79. The first kappa shape index (κ1) is 15.1. The third kappa shape index (κ3) is 3.42. The Hall–Kier alpha value is -1.29. The van der Waals surface area contributed by atoms with Gasteiger partial charge in [0, 0.05) is 11.4 Å². The zero-order chi connectivity index (χ0) is 14.6. The minimum Gasteiger partial charge on any atom is -0.330 e. The molecule has 2 rings (SSSR count). The molecule has 7 nitrogen and oxygen atoms in total. The lowest BCUT2D eigenvalue weighted by molar-refractivity contribution is 0.577. The molecule has 110 valence electrons. The molecule has 0 fully saturated rings. The van der Waals surface area contributed by atoms with Crippen LogP contribution >= 0.6 is 11.3 Å². The van der Waals surface area contributed by atoms with E-state index in [0.717, 1.165) is 4.88 Å². The Balaban J connectivity index is 2.07. The van der Waals surface area contributed by atoms with Gasteiger partial charge in [-0.3, -0.25) is 0 Å². The van der Waals surface area contributed by atoms with Crippen molar-refractivity contribution in [2.24, 2.45) is 5.73 Å². The minimum absolute atomic E-state index is 0.125. The van der Waals surface area contributed by atoms with Gasteiger partial charge in [-0.1, -0.05) is 0 Å². The van der Waals surface area contributed by atoms with Crippen LogP contribution in [0.25, 0.3) is 0 Å². The van der Waals surface area contributed by atoms with E-state index in [0.29, 0.717) is 29.5 Å². The molecular weight excluding hydrogens is 298 g/mol. The zero-order valence-electron chi connectivity index (χ0n) is 11.1. The van der Waals surface area contributed by atoms with Crippen LogP contribution in [-0.4, -0.2) is 29.7 Å². The second kappa shape index (κ2) is 6.44. The number of nitrogens with one attached hydrogen (secondary N) is 1. The number of hydrogen-bond acceptors (Lipinski definition) is 6. The summed E-state index contributed by atoms with van der Waals surface area (Å²) in [4.78, 5) is 0.963. The van der Waals surface area contributed by atoms with Gasteiger partial charge >= 0.3 is 0 Å². The Morgan fingerprint density at radius 3 is 2.95 bits per heavy atom. The number of nitrogens with two attached hydrogens (primary N) is 1. The highest BCUT2D eigenvalue weighted by molar-refractivity contribution is 7.91. The molecule has 2 aromatic rings. The molecule has 2 heterocycles. The van der Waals surface area contributed by atoms with Gasteiger partial charge in [0.1, 0.15) is 16.4 Å². The van der Waals surface area contributed by atoms with E-state index in [4.69, 9.17) is 5.73 Å². The van der Waals surface area contributed by atoms with Crippen molar-refractivity contribution in [1.29, 1.82) is 0 Å². The molecule has 0 atom stereocenters. The van der Waals surface area contributed by atoms with Gasteiger partial charge in [0.2, 0.25) is 10.0 Å². The number of nitrogens with zero attached hydrogens (tertiary/aromatic N) is 3. The number of thiophene rings is 1. The van der Waals surface area contributed by atoms with Crippen molar-refractivity contribution in [3.8, 4) is 0 Å². The Morgan fingerprint density at radius 2 is 2.25 bits per heavy atom. The van der Waals surface area contributed by atoms with E-state index in [1.165, 1.54) is 11.3 Å². The van der Waals surface area contributed by atoms with E-state index in [-0.39, 0.29) is 6.54 Å². The van der Waals surface area contributed by atoms with Crippen LogP contribution in [-0.2, 0) is 29.5 Å². The van der Waals surface area contributed by atoms with Crippen LogP contribution < -0.4 is 10.5 Å². The van der Waals surface area contributed by atoms with Gasteiger partial charge in [0.25, 0.3) is 0 Å². The van der Waals surface area contributed by atoms with Crippen molar-refractivity contribution in [2.75, 3.05) is 6.54 Å². The molecule has 0 aliphatic carbocycles. The molecule has 0 amide bonds. The minimum atomic E-state index is -3.51. The first-order valence-electron chi connectivity index (χ1n) is 6.22. The van der Waals surface area contributed by atoms with Gasteiger partial charge in [0.05, 0.1) is 6.54 Å². The van der Waals surface area contributed by atoms with Gasteiger partial charge in [-0.25, -0.2) is 13.1 Å². The number of sulfonamides is 1. The molecule has 0 aliphatic heterocycles. The summed E-state index contributed by atoms with van der Waals surface area (Å²) in [6.45, 7) is 3.27. The molecule has 0 saturated heterocycles. The molecule has 9 heteroatoms. The van der Waals surface area contributed by atoms with E-state index in [9.17, 15) is 8.42 Å². The summed E-state index contributed by atoms with van der Waals surface area (Å²) in [6.07, 6.45) is 2.26. The number of aromatic nitrogens is 3. The molecule has 0 spiro atoms. The van der Waals surface area contributed by atoms with Crippen LogP contribution in [0, 0.1) is 0 Å². The van der Waals surface area contributed by atoms with Gasteiger partial charge in [-0.2, -0.15) is 0 Å². The van der Waals surface area contributed by atoms with Gasteiger partial charge in [-0.05, 0) is 32.0 Å². The maximum absolute atomic E-state index is 12.2. The van der Waals surface area contributed by atoms with Crippen LogP contribution in [0.5, 0.6) is 0 Å². The Bertz CT molecular complexity index is 662. The second-order valence-corrected chi connectivity index (χ2v) is 7.28. The van der Waals surface area contributed by atoms with Crippen LogP contribution in [0.1, 0.15) is 17.6 Å². The van der Waals surface area contributed by atoms with Crippen LogP contribution in [0.15, 0.2) is 22.7 Å². The predicted molar refractivity (Wildman–Crippen MR) is 76.8 cm³/mol. The maximum Gasteiger partial charge on any atom is 0.250 e. The van der Waals surface area contributed by atoms with Crippen molar-refractivity contribution in [3.63, 3.8) is 0 Å². The summed E-state index contributed by atoms with van der Waals surface area (Å²) < 4.78 is 28.9. The summed E-state index contributed by atoms with van der Waals surface area (Å²) >= 11 is 1.24. The van der Waals surface area contributed by atoms with E-state index in [1.54, 1.807) is 23.0 Å². The van der Waals surface area contributed by atoms with Crippen molar-refractivity contribution in [1.82, 2.24) is 19.5 Å². The van der Waals surface area contributed by atoms with Crippen molar-refractivity contribution in [2.45, 2.75) is 30.6 Å². The normalized spacial score (nSPS) is 11.9. The molecule has 0 bridgehead atoms. The fourth-order valence-electron chi connectivity index (χ4n) is 1.69. The van der Waals surface area contributed by atoms with Crippen molar-refractivity contribution >= 4 is 21.4 Å². The van der Waals surface area contributed by atoms with Crippen molar-refractivity contribution in [3.05, 3.63) is 29.2 Å². The Labute approximate surface area is 121 Å². The average Bonchev–Trinajstić information content (AvgIpc) is 3.05. The summed E-state index contributed by atoms with van der Waals surface area (Å²) in [5.41, 5.74) is 5.46. The van der Waals surface area contributed by atoms with E-state index >= 15 is 0 Å². The lowest BCUT2D eigenvalue weighted by Crippen LogP contribution is -2.24. The predicted octanol–water partition coefficient (Wildman–Crippen LogP) is 0.339. The topological polar surface area (TPSA) is 103 Å². The zero-order valence-corrected chi connectivity index (χ0v) is 12.7. The largest absolute Gasteiger partial charge is 0.330 e. The van der Waals surface area contributed by atoms with E-state index in [2.05, 4.69) is 14.9 Å². The average molecular weight is 315 g/mol. The Morgan fingerprint density at radius 1 is 1.45 bits per heavy atom. The quantitative estimate of drug-likeness (QED) is 0.767. The highest BCUT2D eigenvalue weighted by atomic mass is 32.2. The van der Waals surface area contributed by atoms with Crippen molar-refractivity contribution < 1.29 is 8.42 Å². The van der Waals surface area contributed by atoms with E-state index < -0.39 is 10.0 Å². The maximum atomic E-state index is 12.2. The summed E-state index contributed by atoms with van der Waals surface area (Å²) in [7, 11) is -3.51. The number of aryl methyl sites for hydroxylation is 1. The molecule has 3 N–H and O–H groups in total. The van der Waals surface area contributed by atoms with Gasteiger partial charge in [0.15, 0.2) is 0 Å². The lowest BCUT2D eigenvalue weighted by atomic mass is 10.3. The fraction of sp³-hybridized carbons (Fsp3) is 0.455. The van der Waals surface area contributed by atoms with Gasteiger partial charge in [-0.15, -0.1) is 21.5 Å². The molecule has 0 saturated carbocycles. The monoisotopic (exact) mass is 315 g/mol. The van der Waals surface area contributed by atoms with Crippen LogP contribution in [0.3, 0.4) is 0 Å². The number of rotatable bonds is 7. The fourth-order valence-corrected chi connectivity index (χ4v) is 4.09. The van der Waals surface area contributed by atoms with Gasteiger partial charge < -0.3 is 10.3 Å². The molecular formula is C11H17N5O2S2. The second-order valence-electron chi connectivity index (χ2n) is 4.12. The molecule has 0 aliphatic rings. The summed E-state index contributed by atoms with van der Waals surface area (Å²) in [5, 5.41) is 7.65. The summed E-state index contributed by atoms with van der Waals surface area (Å²) in [5.74, 6) is 0.592. The highest BCUT2D eigenvalue weighted by Crippen LogP contribution is 2.21. The third-order valence-electron chi connectivity index (χ3n) is 2.75.